The Balaban J connectivity index is 0.00000380. The van der Waals surface area contributed by atoms with E-state index in [1.807, 2.05) is 42.5 Å². The lowest BCUT2D eigenvalue weighted by molar-refractivity contribution is -0.135. The number of rotatable bonds is 10. The van der Waals surface area contributed by atoms with Crippen molar-refractivity contribution in [3.05, 3.63) is 72.3 Å². The molecule has 11 heteroatoms. The summed E-state index contributed by atoms with van der Waals surface area (Å²) < 4.78 is 11.0. The molecule has 0 aliphatic heterocycles. The van der Waals surface area contributed by atoms with Gasteiger partial charge in [-0.2, -0.15) is 4.98 Å². The first kappa shape index (κ1) is 27.6. The molecule has 1 atom stereocenters. The molecule has 0 radical (unpaired) electrons. The number of methoxy groups -OCH3 is 1. The van der Waals surface area contributed by atoms with E-state index in [9.17, 15) is 9.90 Å². The summed E-state index contributed by atoms with van der Waals surface area (Å²) in [6, 6.07) is 18.9. The lowest BCUT2D eigenvalue weighted by Gasteiger charge is -2.12. The number of benzene rings is 3. The topological polar surface area (TPSA) is 153 Å². The Labute approximate surface area is 219 Å². The molecule has 0 saturated heterocycles. The highest BCUT2D eigenvalue weighted by Gasteiger charge is 2.16. The van der Waals surface area contributed by atoms with Crippen molar-refractivity contribution in [2.24, 2.45) is 5.73 Å². The van der Waals surface area contributed by atoms with Gasteiger partial charge in [0, 0.05) is 16.7 Å². The van der Waals surface area contributed by atoms with Crippen molar-refractivity contribution in [2.45, 2.75) is 12.5 Å². The Bertz CT molecular complexity index is 1310. The quantitative estimate of drug-likeness (QED) is 0.180. The van der Waals surface area contributed by atoms with Gasteiger partial charge in [-0.05, 0) is 47.9 Å². The molecular formula is C26H27ClN4O6. The van der Waals surface area contributed by atoms with E-state index in [0.717, 1.165) is 27.8 Å². The summed E-state index contributed by atoms with van der Waals surface area (Å²) in [6.45, 7) is -0.207. The molecule has 0 aliphatic rings. The van der Waals surface area contributed by atoms with Crippen LogP contribution in [0.4, 0.5) is 0 Å². The molecule has 0 bridgehead atoms. The predicted octanol–water partition coefficient (Wildman–Crippen LogP) is 3.12. The van der Waals surface area contributed by atoms with Crippen LogP contribution in [-0.2, 0) is 16.1 Å². The first-order valence-electron chi connectivity index (χ1n) is 11.2. The molecule has 0 saturated carbocycles. The standard InChI is InChI=1S/C26H26N4O6.ClH/c1-34-23-11-8-19(15-21(23)17-6-9-20(32)10-7-17)26-28-24(29-36-26)18-4-2-16(3-5-18)14-22(27)25(33)30-35-13-12-31;/h2-11,15,22,31-32H,12-14,27H2,1H3,(H,30,33);1H/t22-;/m0./s1. The number of carbonyl (C=O) groups is 1. The van der Waals surface area contributed by atoms with Gasteiger partial charge in [0.15, 0.2) is 0 Å². The second kappa shape index (κ2) is 12.8. The van der Waals surface area contributed by atoms with E-state index in [4.69, 9.17) is 24.9 Å². The van der Waals surface area contributed by atoms with E-state index in [-0.39, 0.29) is 31.4 Å². The summed E-state index contributed by atoms with van der Waals surface area (Å²) >= 11 is 0. The Morgan fingerprint density at radius 2 is 1.73 bits per heavy atom. The minimum atomic E-state index is -0.802. The number of aliphatic hydroxyl groups is 1. The van der Waals surface area contributed by atoms with E-state index in [2.05, 4.69) is 15.6 Å². The number of hydrogen-bond donors (Lipinski definition) is 4. The van der Waals surface area contributed by atoms with Crippen LogP contribution >= 0.6 is 12.4 Å². The first-order chi connectivity index (χ1) is 17.5. The molecule has 10 nitrogen and oxygen atoms in total. The lowest BCUT2D eigenvalue weighted by Crippen LogP contribution is -2.42. The zero-order valence-electron chi connectivity index (χ0n) is 20.0. The highest BCUT2D eigenvalue weighted by molar-refractivity contribution is 5.85. The number of halogens is 1. The molecule has 4 aromatic rings. The van der Waals surface area contributed by atoms with Crippen molar-refractivity contribution in [3.8, 4) is 45.5 Å². The summed E-state index contributed by atoms with van der Waals surface area (Å²) in [4.78, 5) is 21.3. The molecule has 1 heterocycles. The van der Waals surface area contributed by atoms with E-state index in [1.54, 1.807) is 31.4 Å². The van der Waals surface area contributed by atoms with E-state index >= 15 is 0 Å². The number of nitrogens with one attached hydrogen (secondary N) is 1. The molecule has 3 aromatic carbocycles. The van der Waals surface area contributed by atoms with Gasteiger partial charge in [-0.1, -0.05) is 41.6 Å². The smallest absolute Gasteiger partial charge is 0.260 e. The fraction of sp³-hybridized carbons (Fsp3) is 0.192. The molecule has 194 valence electrons. The monoisotopic (exact) mass is 526 g/mol. The number of nitrogens with two attached hydrogens (primary N) is 1. The van der Waals surface area contributed by atoms with Crippen molar-refractivity contribution >= 4 is 18.3 Å². The van der Waals surface area contributed by atoms with Crippen LogP contribution < -0.4 is 16.0 Å². The number of aromatic hydroxyl groups is 1. The molecule has 5 N–H and O–H groups in total. The van der Waals surface area contributed by atoms with Crippen LogP contribution in [-0.4, -0.2) is 52.6 Å². The van der Waals surface area contributed by atoms with Crippen LogP contribution in [0.2, 0.25) is 0 Å². The fourth-order valence-electron chi connectivity index (χ4n) is 3.55. The third-order valence-corrected chi connectivity index (χ3v) is 5.42. The van der Waals surface area contributed by atoms with Gasteiger partial charge in [0.05, 0.1) is 26.4 Å². The molecule has 0 aliphatic carbocycles. The van der Waals surface area contributed by atoms with Gasteiger partial charge in [-0.3, -0.25) is 9.63 Å². The normalized spacial score (nSPS) is 11.4. The number of phenols is 1. The zero-order valence-corrected chi connectivity index (χ0v) is 20.8. The fourth-order valence-corrected chi connectivity index (χ4v) is 3.55. The number of carbonyl (C=O) groups excluding carboxylic acids is 1. The molecule has 0 fully saturated rings. The van der Waals surface area contributed by atoms with E-state index < -0.39 is 11.9 Å². The molecule has 0 spiro atoms. The minimum absolute atomic E-state index is 0. The maximum Gasteiger partial charge on any atom is 0.260 e. The summed E-state index contributed by atoms with van der Waals surface area (Å²) in [5.74, 6) is 1.14. The number of nitrogens with zero attached hydrogens (tertiary/aromatic N) is 2. The average molecular weight is 527 g/mol. The van der Waals surface area contributed by atoms with Crippen LogP contribution in [0.3, 0.4) is 0 Å². The van der Waals surface area contributed by atoms with Gasteiger partial charge in [0.1, 0.15) is 11.5 Å². The first-order valence-corrected chi connectivity index (χ1v) is 11.2. The number of hydrogen-bond acceptors (Lipinski definition) is 9. The Morgan fingerprint density at radius 3 is 2.41 bits per heavy atom. The van der Waals surface area contributed by atoms with Gasteiger partial charge in [-0.15, -0.1) is 12.4 Å². The number of aliphatic hydroxyl groups excluding tert-OH is 1. The third kappa shape index (κ3) is 6.83. The van der Waals surface area contributed by atoms with Gasteiger partial charge >= 0.3 is 0 Å². The molecule has 1 aromatic heterocycles. The summed E-state index contributed by atoms with van der Waals surface area (Å²) in [6.07, 6.45) is 0.304. The van der Waals surface area contributed by atoms with Gasteiger partial charge in [0.25, 0.3) is 11.8 Å². The molecular weight excluding hydrogens is 500 g/mol. The van der Waals surface area contributed by atoms with Gasteiger partial charge in [0.2, 0.25) is 5.82 Å². The molecule has 1 amide bonds. The van der Waals surface area contributed by atoms with Crippen molar-refractivity contribution in [2.75, 3.05) is 20.3 Å². The third-order valence-electron chi connectivity index (χ3n) is 5.42. The Hall–Kier alpha value is -3.96. The van der Waals surface area contributed by atoms with Crippen LogP contribution in [0.5, 0.6) is 11.5 Å². The van der Waals surface area contributed by atoms with Crippen molar-refractivity contribution in [3.63, 3.8) is 0 Å². The highest BCUT2D eigenvalue weighted by atomic mass is 35.5. The van der Waals surface area contributed by atoms with E-state index in [1.165, 1.54) is 0 Å². The zero-order chi connectivity index (χ0) is 25.5. The van der Waals surface area contributed by atoms with Gasteiger partial charge in [-0.25, -0.2) is 5.48 Å². The summed E-state index contributed by atoms with van der Waals surface area (Å²) in [5.41, 5.74) is 12.1. The van der Waals surface area contributed by atoms with Crippen LogP contribution in [0, 0.1) is 0 Å². The van der Waals surface area contributed by atoms with Crippen molar-refractivity contribution < 1.29 is 29.1 Å². The number of hydroxylamine groups is 1. The second-order valence-electron chi connectivity index (χ2n) is 7.93. The SMILES string of the molecule is COc1ccc(-c2nc(-c3ccc(C[C@H](N)C(=O)NOCCO)cc3)no2)cc1-c1ccc(O)cc1.Cl. The Kier molecular flexibility index (Phi) is 9.58. The molecule has 4 rings (SSSR count). The predicted molar refractivity (Wildman–Crippen MR) is 139 cm³/mol. The average Bonchev–Trinajstić information content (AvgIpc) is 3.39. The van der Waals surface area contributed by atoms with Gasteiger partial charge < -0.3 is 25.2 Å². The van der Waals surface area contributed by atoms with Crippen LogP contribution in [0.15, 0.2) is 71.3 Å². The number of amides is 1. The summed E-state index contributed by atoms with van der Waals surface area (Å²) in [5, 5.41) is 22.4. The summed E-state index contributed by atoms with van der Waals surface area (Å²) in [7, 11) is 1.60. The largest absolute Gasteiger partial charge is 0.508 e. The number of ether oxygens (including phenoxy) is 1. The number of phenolic OH excluding ortho intramolecular Hbond substituents is 1. The highest BCUT2D eigenvalue weighted by Crippen LogP contribution is 2.35. The van der Waals surface area contributed by atoms with Crippen LogP contribution in [0.1, 0.15) is 5.56 Å². The second-order valence-corrected chi connectivity index (χ2v) is 7.93. The van der Waals surface area contributed by atoms with Crippen LogP contribution in [0.25, 0.3) is 34.0 Å². The van der Waals surface area contributed by atoms with Crippen molar-refractivity contribution in [1.29, 1.82) is 0 Å². The van der Waals surface area contributed by atoms with Crippen molar-refractivity contribution in [1.82, 2.24) is 15.6 Å². The van der Waals surface area contributed by atoms with E-state index in [0.29, 0.717) is 23.9 Å². The maximum absolute atomic E-state index is 11.9. The molecule has 37 heavy (non-hydrogen) atoms. The lowest BCUT2D eigenvalue weighted by atomic mass is 10.0. The maximum atomic E-state index is 11.9. The minimum Gasteiger partial charge on any atom is -0.508 e. The molecule has 0 unspecified atom stereocenters. The number of aromatic nitrogens is 2. The Morgan fingerprint density at radius 1 is 1.05 bits per heavy atom.